The molecule has 0 aromatic heterocycles. The van der Waals surface area contributed by atoms with Gasteiger partial charge in [0.15, 0.2) is 16.6 Å². The Morgan fingerprint density at radius 2 is 1.57 bits per heavy atom. The number of benzene rings is 1. The number of hydrogen-bond donors (Lipinski definition) is 0. The van der Waals surface area contributed by atoms with Crippen molar-refractivity contribution in [2.75, 3.05) is 7.11 Å². The van der Waals surface area contributed by atoms with Crippen molar-refractivity contribution in [2.24, 2.45) is 5.92 Å². The van der Waals surface area contributed by atoms with Gasteiger partial charge in [-0.15, -0.1) is 11.6 Å². The van der Waals surface area contributed by atoms with Gasteiger partial charge in [-0.25, -0.2) is 0 Å². The summed E-state index contributed by atoms with van der Waals surface area (Å²) in [6.45, 7) is 25.6. The molecule has 2 rings (SSSR count). The molecule has 1 aromatic rings. The first kappa shape index (κ1) is 39.3. The van der Waals surface area contributed by atoms with Gasteiger partial charge in [0.05, 0.1) is 19.3 Å². The zero-order valence-electron chi connectivity index (χ0n) is 30.2. The van der Waals surface area contributed by atoms with Gasteiger partial charge < -0.3 is 13.6 Å². The number of alkyl halides is 1. The molecule has 1 fully saturated rings. The lowest BCUT2D eigenvalue weighted by Crippen LogP contribution is -2.44. The second kappa shape index (κ2) is 16.8. The van der Waals surface area contributed by atoms with Crippen molar-refractivity contribution < 1.29 is 18.4 Å². The molecule has 1 saturated carbocycles. The van der Waals surface area contributed by atoms with Crippen LogP contribution in [0.15, 0.2) is 36.4 Å². The van der Waals surface area contributed by atoms with Crippen molar-refractivity contribution in [3.63, 3.8) is 0 Å². The summed E-state index contributed by atoms with van der Waals surface area (Å²) in [5.74, 6) is 0.379. The van der Waals surface area contributed by atoms with Crippen LogP contribution >= 0.6 is 11.6 Å². The van der Waals surface area contributed by atoms with Crippen molar-refractivity contribution in [3.05, 3.63) is 47.5 Å². The number of halogens is 1. The average Bonchev–Trinajstić information content (AvgIpc) is 3.22. The Bertz CT molecular complexity index is 1040. The summed E-state index contributed by atoms with van der Waals surface area (Å²) >= 11 is 7.15. The Labute approximate surface area is 278 Å². The van der Waals surface area contributed by atoms with Crippen LogP contribution in [0.4, 0.5) is 0 Å². The van der Waals surface area contributed by atoms with Crippen molar-refractivity contribution in [1.82, 2.24) is 0 Å². The number of allylic oxidation sites excluding steroid dienone is 2. The highest BCUT2D eigenvalue weighted by Gasteiger charge is 2.48. The lowest BCUT2D eigenvalue weighted by molar-refractivity contribution is -0.140. The summed E-state index contributed by atoms with van der Waals surface area (Å²) in [4.78, 5) is 11.5. The highest BCUT2D eigenvalue weighted by Crippen LogP contribution is 2.50. The summed E-state index contributed by atoms with van der Waals surface area (Å²) in [6.07, 6.45) is 13.3. The van der Waals surface area contributed by atoms with Crippen molar-refractivity contribution in [1.29, 1.82) is 0 Å². The van der Waals surface area contributed by atoms with Crippen LogP contribution in [-0.4, -0.2) is 41.2 Å². The van der Waals surface area contributed by atoms with Crippen LogP contribution < -0.4 is 0 Å². The van der Waals surface area contributed by atoms with E-state index in [1.165, 1.54) is 37.5 Å². The van der Waals surface area contributed by atoms with Crippen LogP contribution in [0, 0.1) is 5.92 Å². The quantitative estimate of drug-likeness (QED) is 0.0580. The van der Waals surface area contributed by atoms with Crippen molar-refractivity contribution >= 4 is 34.2 Å². The highest BCUT2D eigenvalue weighted by molar-refractivity contribution is 6.74. The van der Waals surface area contributed by atoms with Gasteiger partial charge in [-0.3, -0.25) is 4.79 Å². The lowest BCUT2D eigenvalue weighted by atomic mass is 9.84. The summed E-state index contributed by atoms with van der Waals surface area (Å²) in [5, 5.41) is 0.356. The minimum Gasteiger partial charge on any atom is -0.469 e. The number of ether oxygens (including phenoxy) is 1. The molecule has 0 radical (unpaired) electrons. The number of unbranched alkanes of at least 4 members (excludes halogenated alkanes) is 3. The van der Waals surface area contributed by atoms with E-state index >= 15 is 0 Å². The number of carbonyl (C=O) groups is 1. The first-order valence-corrected chi connectivity index (χ1v) is 23.4. The van der Waals surface area contributed by atoms with Gasteiger partial charge in [-0.05, 0) is 85.4 Å². The first-order chi connectivity index (χ1) is 20.3. The normalized spacial score (nSPS) is 22.5. The van der Waals surface area contributed by atoms with Crippen molar-refractivity contribution in [3.8, 4) is 0 Å². The predicted molar refractivity (Wildman–Crippen MR) is 194 cm³/mol. The van der Waals surface area contributed by atoms with Crippen LogP contribution in [0.1, 0.15) is 129 Å². The van der Waals surface area contributed by atoms with E-state index in [1.807, 2.05) is 0 Å². The maximum atomic E-state index is 11.5. The fraction of sp³-hybridized carbons (Fsp3) is 0.757. The Kier molecular flexibility index (Phi) is 15.0. The molecule has 0 heterocycles. The molecule has 4 nitrogen and oxygen atoms in total. The van der Waals surface area contributed by atoms with Crippen LogP contribution in [0.3, 0.4) is 0 Å². The van der Waals surface area contributed by atoms with E-state index < -0.39 is 16.6 Å². The smallest absolute Gasteiger partial charge is 0.305 e. The number of carbonyl (C=O) groups excluding carboxylic acids is 1. The third-order valence-electron chi connectivity index (χ3n) is 10.6. The summed E-state index contributed by atoms with van der Waals surface area (Å²) in [5.41, 5.74) is 2.61. The Morgan fingerprint density at radius 3 is 2.11 bits per heavy atom. The summed E-state index contributed by atoms with van der Waals surface area (Å²) in [7, 11) is -2.47. The molecule has 0 amide bonds. The molecule has 1 aliphatic rings. The molecular formula is C37H65ClO4Si2. The minimum atomic E-state index is -2.00. The highest BCUT2D eigenvalue weighted by atomic mass is 35.5. The maximum Gasteiger partial charge on any atom is 0.305 e. The maximum absolute atomic E-state index is 11.5. The van der Waals surface area contributed by atoms with Gasteiger partial charge in [0, 0.05) is 17.7 Å². The molecule has 0 N–H and O–H groups in total. The van der Waals surface area contributed by atoms with Crippen molar-refractivity contribution in [2.45, 2.75) is 166 Å². The molecular weight excluding hydrogens is 600 g/mol. The number of methoxy groups -OCH3 is 1. The number of rotatable bonds is 16. The summed E-state index contributed by atoms with van der Waals surface area (Å²) < 4.78 is 18.9. The zero-order valence-corrected chi connectivity index (χ0v) is 33.0. The van der Waals surface area contributed by atoms with E-state index in [2.05, 4.69) is 111 Å². The van der Waals surface area contributed by atoms with Gasteiger partial charge in [-0.1, -0.05) is 104 Å². The van der Waals surface area contributed by atoms with Gasteiger partial charge in [0.25, 0.3) is 0 Å². The molecule has 5 atom stereocenters. The Hall–Kier alpha value is -0.926. The predicted octanol–water partition coefficient (Wildman–Crippen LogP) is 11.7. The van der Waals surface area contributed by atoms with Gasteiger partial charge in [-0.2, -0.15) is 0 Å². The fourth-order valence-corrected chi connectivity index (χ4v) is 8.76. The van der Waals surface area contributed by atoms with Gasteiger partial charge in [0.2, 0.25) is 0 Å². The SMILES string of the molecule is CCCCCC(O[Si](C)(C)C(C)(C)C)c1ccc([C@@H]2[C@@H](C/C=C\CCCC(=O)OC)[C@@H](Cl)C[C@@H]2O[Si](C)(C)C(C)(C)C)cc1. The van der Waals surface area contributed by atoms with E-state index in [9.17, 15) is 4.79 Å². The molecule has 0 spiro atoms. The van der Waals surface area contributed by atoms with E-state index in [-0.39, 0.29) is 45.5 Å². The molecule has 1 unspecified atom stereocenters. The third-order valence-corrected chi connectivity index (χ3v) is 20.1. The molecule has 7 heteroatoms. The number of hydrogen-bond acceptors (Lipinski definition) is 4. The first-order valence-electron chi connectivity index (χ1n) is 17.2. The van der Waals surface area contributed by atoms with Gasteiger partial charge >= 0.3 is 5.97 Å². The van der Waals surface area contributed by atoms with Crippen LogP contribution in [0.25, 0.3) is 0 Å². The largest absolute Gasteiger partial charge is 0.469 e. The van der Waals surface area contributed by atoms with E-state index in [1.54, 1.807) is 0 Å². The van der Waals surface area contributed by atoms with Gasteiger partial charge in [0.1, 0.15) is 0 Å². The van der Waals surface area contributed by atoms with Crippen LogP contribution in [0.2, 0.25) is 36.3 Å². The van der Waals surface area contributed by atoms with E-state index in [4.69, 9.17) is 25.2 Å². The molecule has 0 saturated heterocycles. The molecule has 252 valence electrons. The minimum absolute atomic E-state index is 0.0536. The molecule has 0 bridgehead atoms. The standard InChI is InChI=1S/C37H65ClO4Si2/c1-13-14-17-21-32(41-43(9,10)36(2,3)4)28-23-25-29(26-24-28)35-30(20-18-15-16-19-22-34(39)40-8)31(38)27-33(35)42-44(11,12)37(5,6)7/h15,18,23-26,30-33,35H,13-14,16-17,19-22,27H2,1-12H3/b18-15-/t30-,31-,32?,33-,35+/m0/s1. The van der Waals surface area contributed by atoms with Crippen LogP contribution in [-0.2, 0) is 18.4 Å². The van der Waals surface area contributed by atoms with Crippen LogP contribution in [0.5, 0.6) is 0 Å². The second-order valence-corrected chi connectivity index (χ2v) is 26.1. The average molecular weight is 666 g/mol. The second-order valence-electron chi connectivity index (χ2n) is 16.1. The monoisotopic (exact) mass is 664 g/mol. The molecule has 44 heavy (non-hydrogen) atoms. The molecule has 1 aliphatic carbocycles. The molecule has 0 aliphatic heterocycles. The topological polar surface area (TPSA) is 44.8 Å². The summed E-state index contributed by atoms with van der Waals surface area (Å²) in [6, 6.07) is 9.32. The Morgan fingerprint density at radius 1 is 0.955 bits per heavy atom. The van der Waals surface area contributed by atoms with E-state index in [0.717, 1.165) is 32.1 Å². The lowest BCUT2D eigenvalue weighted by Gasteiger charge is -2.40. The molecule has 1 aromatic carbocycles. The van der Waals surface area contributed by atoms with E-state index in [0.29, 0.717) is 6.42 Å². The Balaban J connectivity index is 2.37. The third kappa shape index (κ3) is 11.1. The number of esters is 1. The fourth-order valence-electron chi connectivity index (χ4n) is 5.65. The zero-order chi connectivity index (χ0) is 33.3.